The van der Waals surface area contributed by atoms with Gasteiger partial charge in [0.05, 0.1) is 5.92 Å². The number of carbonyl (C=O) groups is 1. The maximum atomic E-state index is 12.3. The lowest BCUT2D eigenvalue weighted by Crippen LogP contribution is -2.46. The normalized spacial score (nSPS) is 21.7. The van der Waals surface area contributed by atoms with Crippen LogP contribution in [0.4, 0.5) is 0 Å². The van der Waals surface area contributed by atoms with Gasteiger partial charge in [-0.15, -0.1) is 11.3 Å². The molecule has 18 heavy (non-hydrogen) atoms. The molecule has 8 heteroatoms. The Kier molecular flexibility index (Phi) is 4.00. The molecule has 2 heterocycles. The lowest BCUT2D eigenvalue weighted by atomic mass is 9.99. The third-order valence-corrected chi connectivity index (χ3v) is 6.22. The van der Waals surface area contributed by atoms with E-state index >= 15 is 0 Å². The molecule has 6 nitrogen and oxygen atoms in total. The van der Waals surface area contributed by atoms with Crippen molar-refractivity contribution in [3.8, 4) is 0 Å². The number of nitrogens with one attached hydrogen (secondary N) is 1. The minimum atomic E-state index is -3.46. The summed E-state index contributed by atoms with van der Waals surface area (Å²) in [6.07, 6.45) is 1.34. The van der Waals surface area contributed by atoms with E-state index in [1.54, 1.807) is 17.5 Å². The number of thiophene rings is 1. The zero-order valence-electron chi connectivity index (χ0n) is 9.70. The molecule has 1 aromatic heterocycles. The number of hydrogen-bond acceptors (Lipinski definition) is 5. The molecule has 0 radical (unpaired) electrons. The highest BCUT2D eigenvalue weighted by molar-refractivity contribution is 7.91. The average Bonchev–Trinajstić information content (AvgIpc) is 2.92. The summed E-state index contributed by atoms with van der Waals surface area (Å²) in [7, 11) is -3.46. The van der Waals surface area contributed by atoms with Crippen molar-refractivity contribution < 1.29 is 13.2 Å². The van der Waals surface area contributed by atoms with Crippen LogP contribution >= 0.6 is 11.3 Å². The van der Waals surface area contributed by atoms with Crippen LogP contribution in [-0.4, -0.2) is 31.7 Å². The molecule has 0 unspecified atom stereocenters. The van der Waals surface area contributed by atoms with E-state index in [0.717, 1.165) is 0 Å². The molecule has 2 rings (SSSR count). The summed E-state index contributed by atoms with van der Waals surface area (Å²) in [5.74, 6) is 4.42. The monoisotopic (exact) mass is 289 g/mol. The molecule has 1 amide bonds. The van der Waals surface area contributed by atoms with E-state index in [1.165, 1.54) is 15.6 Å². The molecule has 1 aromatic rings. The first-order chi connectivity index (χ1) is 8.55. The maximum absolute atomic E-state index is 12.3. The van der Waals surface area contributed by atoms with Gasteiger partial charge in [0.15, 0.2) is 0 Å². The Morgan fingerprint density at radius 1 is 1.56 bits per heavy atom. The quantitative estimate of drug-likeness (QED) is 0.470. The summed E-state index contributed by atoms with van der Waals surface area (Å²) in [6.45, 7) is 0.651. The number of carbonyl (C=O) groups excluding carboxylic acids is 1. The van der Waals surface area contributed by atoms with Crippen molar-refractivity contribution in [3.63, 3.8) is 0 Å². The van der Waals surface area contributed by atoms with E-state index < -0.39 is 10.0 Å². The van der Waals surface area contributed by atoms with Crippen LogP contribution in [0.5, 0.6) is 0 Å². The summed E-state index contributed by atoms with van der Waals surface area (Å²) < 4.78 is 26.2. The Morgan fingerprint density at radius 3 is 2.94 bits per heavy atom. The highest BCUT2D eigenvalue weighted by Crippen LogP contribution is 2.26. The first-order valence-corrected chi connectivity index (χ1v) is 7.92. The molecule has 1 aliphatic rings. The van der Waals surface area contributed by atoms with Crippen molar-refractivity contribution in [2.75, 3.05) is 13.1 Å². The van der Waals surface area contributed by atoms with Crippen molar-refractivity contribution in [2.45, 2.75) is 17.1 Å². The lowest BCUT2D eigenvalue weighted by Gasteiger charge is -2.30. The summed E-state index contributed by atoms with van der Waals surface area (Å²) in [5.41, 5.74) is 2.08. The molecule has 3 N–H and O–H groups in total. The number of amides is 1. The number of nitrogens with zero attached hydrogens (tertiary/aromatic N) is 1. The molecule has 1 fully saturated rings. The standard InChI is InChI=1S/C10H15N3O3S2/c11-12-10(14)8-3-1-5-13(7-8)18(15,16)9-4-2-6-17-9/h2,4,6,8H,1,3,5,7,11H2,(H,12,14)/t8-/m1/s1. The van der Waals surface area contributed by atoms with Crippen molar-refractivity contribution in [1.29, 1.82) is 0 Å². The minimum absolute atomic E-state index is 0.198. The van der Waals surface area contributed by atoms with E-state index in [-0.39, 0.29) is 18.4 Å². The van der Waals surface area contributed by atoms with E-state index in [9.17, 15) is 13.2 Å². The number of sulfonamides is 1. The summed E-state index contributed by atoms with van der Waals surface area (Å²) >= 11 is 1.18. The van der Waals surface area contributed by atoms with Crippen LogP contribution in [0.1, 0.15) is 12.8 Å². The second kappa shape index (κ2) is 5.35. The van der Waals surface area contributed by atoms with Gasteiger partial charge in [-0.1, -0.05) is 6.07 Å². The van der Waals surface area contributed by atoms with E-state index in [0.29, 0.717) is 23.6 Å². The van der Waals surface area contributed by atoms with Gasteiger partial charge >= 0.3 is 0 Å². The summed E-state index contributed by atoms with van der Waals surface area (Å²) in [6, 6.07) is 3.28. The Hall–Kier alpha value is -0.960. The minimum Gasteiger partial charge on any atom is -0.294 e. The first kappa shape index (κ1) is 13.5. The maximum Gasteiger partial charge on any atom is 0.252 e. The molecule has 1 saturated heterocycles. The molecule has 0 bridgehead atoms. The molecule has 1 atom stereocenters. The van der Waals surface area contributed by atoms with Gasteiger partial charge in [-0.2, -0.15) is 4.31 Å². The third kappa shape index (κ3) is 2.56. The number of piperidine rings is 1. The third-order valence-electron chi connectivity index (χ3n) is 2.99. The van der Waals surface area contributed by atoms with Crippen LogP contribution in [0.15, 0.2) is 21.7 Å². The Bertz CT molecular complexity index is 512. The lowest BCUT2D eigenvalue weighted by molar-refractivity contribution is -0.126. The second-order valence-electron chi connectivity index (χ2n) is 4.14. The second-order valence-corrected chi connectivity index (χ2v) is 7.26. The van der Waals surface area contributed by atoms with Gasteiger partial charge in [-0.05, 0) is 24.3 Å². The predicted molar refractivity (Wildman–Crippen MR) is 68.1 cm³/mol. The van der Waals surface area contributed by atoms with Crippen molar-refractivity contribution >= 4 is 27.3 Å². The molecule has 0 aromatic carbocycles. The Balaban J connectivity index is 2.17. The van der Waals surface area contributed by atoms with Crippen molar-refractivity contribution in [3.05, 3.63) is 17.5 Å². The van der Waals surface area contributed by atoms with Gasteiger partial charge in [-0.3, -0.25) is 10.2 Å². The van der Waals surface area contributed by atoms with Crippen LogP contribution in [0.2, 0.25) is 0 Å². The zero-order valence-corrected chi connectivity index (χ0v) is 11.3. The van der Waals surface area contributed by atoms with Crippen LogP contribution in [-0.2, 0) is 14.8 Å². The zero-order chi connectivity index (χ0) is 13.2. The highest BCUT2D eigenvalue weighted by Gasteiger charge is 2.33. The molecular weight excluding hydrogens is 274 g/mol. The molecular formula is C10H15N3O3S2. The smallest absolute Gasteiger partial charge is 0.252 e. The number of rotatable bonds is 3. The number of hydrogen-bond donors (Lipinski definition) is 2. The fourth-order valence-electron chi connectivity index (χ4n) is 2.03. The number of hydrazine groups is 1. The topological polar surface area (TPSA) is 92.5 Å². The van der Waals surface area contributed by atoms with Crippen LogP contribution in [0.3, 0.4) is 0 Å². The Morgan fingerprint density at radius 2 is 2.33 bits per heavy atom. The molecule has 0 saturated carbocycles. The van der Waals surface area contributed by atoms with Crippen molar-refractivity contribution in [2.24, 2.45) is 11.8 Å². The fourth-order valence-corrected chi connectivity index (χ4v) is 4.70. The largest absolute Gasteiger partial charge is 0.294 e. The number of nitrogens with two attached hydrogens (primary N) is 1. The van der Waals surface area contributed by atoms with Gasteiger partial charge < -0.3 is 0 Å². The van der Waals surface area contributed by atoms with Gasteiger partial charge in [-0.25, -0.2) is 14.3 Å². The van der Waals surface area contributed by atoms with Gasteiger partial charge in [0.1, 0.15) is 4.21 Å². The van der Waals surface area contributed by atoms with E-state index in [4.69, 9.17) is 5.84 Å². The molecule has 0 aliphatic carbocycles. The molecule has 0 spiro atoms. The van der Waals surface area contributed by atoms with Gasteiger partial charge in [0, 0.05) is 13.1 Å². The van der Waals surface area contributed by atoms with E-state index in [2.05, 4.69) is 5.43 Å². The van der Waals surface area contributed by atoms with E-state index in [1.807, 2.05) is 0 Å². The molecule has 1 aliphatic heterocycles. The highest BCUT2D eigenvalue weighted by atomic mass is 32.2. The Labute approximate surface area is 110 Å². The van der Waals surface area contributed by atoms with Gasteiger partial charge in [0.25, 0.3) is 10.0 Å². The summed E-state index contributed by atoms with van der Waals surface area (Å²) in [5, 5.41) is 1.72. The average molecular weight is 289 g/mol. The molecule has 100 valence electrons. The first-order valence-electron chi connectivity index (χ1n) is 5.60. The van der Waals surface area contributed by atoms with Crippen LogP contribution in [0, 0.1) is 5.92 Å². The SMILES string of the molecule is NNC(=O)[C@@H]1CCCN(S(=O)(=O)c2cccs2)C1. The van der Waals surface area contributed by atoms with Crippen LogP contribution < -0.4 is 11.3 Å². The fraction of sp³-hybridized carbons (Fsp3) is 0.500. The van der Waals surface area contributed by atoms with Crippen molar-refractivity contribution in [1.82, 2.24) is 9.73 Å². The van der Waals surface area contributed by atoms with Crippen LogP contribution in [0.25, 0.3) is 0 Å². The summed E-state index contributed by atoms with van der Waals surface area (Å²) in [4.78, 5) is 11.5. The van der Waals surface area contributed by atoms with Gasteiger partial charge in [0.2, 0.25) is 5.91 Å². The predicted octanol–water partition coefficient (Wildman–Crippen LogP) is 0.139.